The molecular weight excluding hydrogens is 240 g/mol. The average Bonchev–Trinajstić information content (AvgIpc) is 2.35. The molecule has 0 saturated carbocycles. The average molecular weight is 260 g/mol. The third-order valence-corrected chi connectivity index (χ3v) is 3.18. The second kappa shape index (κ2) is 4.61. The molecule has 4 nitrogen and oxygen atoms in total. The lowest BCUT2D eigenvalue weighted by Gasteiger charge is -2.22. The van der Waals surface area contributed by atoms with Gasteiger partial charge in [-0.2, -0.15) is 0 Å². The first-order valence-electron chi connectivity index (χ1n) is 6.20. The third kappa shape index (κ3) is 2.30. The molecule has 19 heavy (non-hydrogen) atoms. The van der Waals surface area contributed by atoms with Crippen molar-refractivity contribution >= 4 is 16.7 Å². The van der Waals surface area contributed by atoms with Gasteiger partial charge in [0, 0.05) is 10.9 Å². The first kappa shape index (κ1) is 13.5. The number of benzene rings is 1. The highest BCUT2D eigenvalue weighted by Gasteiger charge is 2.20. The number of aromatic nitrogens is 1. The van der Waals surface area contributed by atoms with Crippen LogP contribution in [-0.4, -0.2) is 19.2 Å². The molecule has 1 aromatic carbocycles. The van der Waals surface area contributed by atoms with Crippen LogP contribution in [0.25, 0.3) is 10.9 Å². The fourth-order valence-corrected chi connectivity index (χ4v) is 2.17. The van der Waals surface area contributed by atoms with Crippen LogP contribution in [0.4, 0.5) is 5.82 Å². The van der Waals surface area contributed by atoms with Gasteiger partial charge < -0.3 is 15.2 Å². The Balaban J connectivity index is 2.84. The molecule has 4 heteroatoms. The van der Waals surface area contributed by atoms with Crippen LogP contribution in [0.1, 0.15) is 26.3 Å². The SMILES string of the molecule is COc1ccc(OC)c2nc(N)c(C(C)(C)C)cc12. The minimum absolute atomic E-state index is 0.0701. The van der Waals surface area contributed by atoms with Crippen LogP contribution >= 0.6 is 0 Å². The van der Waals surface area contributed by atoms with E-state index in [1.807, 2.05) is 18.2 Å². The van der Waals surface area contributed by atoms with Gasteiger partial charge >= 0.3 is 0 Å². The molecule has 1 aromatic heterocycles. The summed E-state index contributed by atoms with van der Waals surface area (Å²) in [5.41, 5.74) is 7.75. The van der Waals surface area contributed by atoms with Gasteiger partial charge in [0.25, 0.3) is 0 Å². The molecule has 1 heterocycles. The lowest BCUT2D eigenvalue weighted by atomic mass is 9.86. The van der Waals surface area contributed by atoms with Gasteiger partial charge in [0.15, 0.2) is 0 Å². The Bertz CT molecular complexity index is 616. The number of pyridine rings is 1. The minimum Gasteiger partial charge on any atom is -0.496 e. The molecule has 0 unspecified atom stereocenters. The van der Waals surface area contributed by atoms with Crippen LogP contribution in [0, 0.1) is 0 Å². The number of hydrogen-bond donors (Lipinski definition) is 1. The summed E-state index contributed by atoms with van der Waals surface area (Å²) in [6.45, 7) is 6.33. The summed E-state index contributed by atoms with van der Waals surface area (Å²) in [6, 6.07) is 5.76. The first-order valence-corrected chi connectivity index (χ1v) is 6.20. The van der Waals surface area contributed by atoms with Crippen LogP contribution in [0.2, 0.25) is 0 Å². The maximum absolute atomic E-state index is 6.08. The lowest BCUT2D eigenvalue weighted by Crippen LogP contribution is -2.15. The Hall–Kier alpha value is -1.97. The van der Waals surface area contributed by atoms with Crippen molar-refractivity contribution in [1.82, 2.24) is 4.98 Å². The van der Waals surface area contributed by atoms with Crippen LogP contribution in [-0.2, 0) is 5.41 Å². The van der Waals surface area contributed by atoms with Crippen molar-refractivity contribution in [1.29, 1.82) is 0 Å². The van der Waals surface area contributed by atoms with E-state index >= 15 is 0 Å². The molecule has 0 aliphatic carbocycles. The van der Waals surface area contributed by atoms with Crippen molar-refractivity contribution in [3.8, 4) is 11.5 Å². The molecule has 102 valence electrons. The van der Waals surface area contributed by atoms with Crippen molar-refractivity contribution in [3.05, 3.63) is 23.8 Å². The predicted molar refractivity (Wildman–Crippen MR) is 78.0 cm³/mol. The molecule has 0 saturated heterocycles. The maximum Gasteiger partial charge on any atom is 0.145 e. The maximum atomic E-state index is 6.08. The van der Waals surface area contributed by atoms with Gasteiger partial charge in [-0.15, -0.1) is 0 Å². The summed E-state index contributed by atoms with van der Waals surface area (Å²) in [7, 11) is 3.27. The van der Waals surface area contributed by atoms with Gasteiger partial charge in [0.05, 0.1) is 14.2 Å². The number of anilines is 1. The number of nitrogen functional groups attached to an aromatic ring is 1. The number of ether oxygens (including phenoxy) is 2. The third-order valence-electron chi connectivity index (χ3n) is 3.18. The fraction of sp³-hybridized carbons (Fsp3) is 0.400. The van der Waals surface area contributed by atoms with Gasteiger partial charge in [0.1, 0.15) is 22.8 Å². The van der Waals surface area contributed by atoms with Gasteiger partial charge in [-0.05, 0) is 23.6 Å². The highest BCUT2D eigenvalue weighted by molar-refractivity contribution is 5.92. The molecule has 0 atom stereocenters. The Morgan fingerprint density at radius 1 is 1.05 bits per heavy atom. The van der Waals surface area contributed by atoms with Crippen LogP contribution in [0.3, 0.4) is 0 Å². The highest BCUT2D eigenvalue weighted by atomic mass is 16.5. The molecule has 0 aliphatic rings. The van der Waals surface area contributed by atoms with E-state index in [1.165, 1.54) is 0 Å². The summed E-state index contributed by atoms with van der Waals surface area (Å²) in [5.74, 6) is 2.00. The van der Waals surface area contributed by atoms with E-state index in [4.69, 9.17) is 15.2 Å². The highest BCUT2D eigenvalue weighted by Crippen LogP contribution is 2.37. The number of hydrogen-bond acceptors (Lipinski definition) is 4. The first-order chi connectivity index (χ1) is 8.88. The van der Waals surface area contributed by atoms with Crippen LogP contribution < -0.4 is 15.2 Å². The topological polar surface area (TPSA) is 57.4 Å². The van der Waals surface area contributed by atoms with Crippen molar-refractivity contribution in [2.24, 2.45) is 0 Å². The molecule has 0 spiro atoms. The Labute approximate surface area is 113 Å². The zero-order chi connectivity index (χ0) is 14.2. The van der Waals surface area contributed by atoms with E-state index in [0.29, 0.717) is 11.6 Å². The Morgan fingerprint density at radius 3 is 2.16 bits per heavy atom. The Morgan fingerprint density at radius 2 is 1.63 bits per heavy atom. The van der Waals surface area contributed by atoms with Gasteiger partial charge in [0.2, 0.25) is 0 Å². The molecule has 2 rings (SSSR count). The molecule has 0 aliphatic heterocycles. The van der Waals surface area contributed by atoms with E-state index in [0.717, 1.165) is 22.2 Å². The van der Waals surface area contributed by atoms with Gasteiger partial charge in [-0.1, -0.05) is 20.8 Å². The van der Waals surface area contributed by atoms with Crippen molar-refractivity contribution in [3.63, 3.8) is 0 Å². The Kier molecular flexibility index (Phi) is 3.27. The molecule has 0 radical (unpaired) electrons. The smallest absolute Gasteiger partial charge is 0.145 e. The van der Waals surface area contributed by atoms with Gasteiger partial charge in [-0.25, -0.2) is 4.98 Å². The number of fused-ring (bicyclic) bond motifs is 1. The summed E-state index contributed by atoms with van der Waals surface area (Å²) in [6.07, 6.45) is 0. The zero-order valence-corrected chi connectivity index (χ0v) is 12.1. The summed E-state index contributed by atoms with van der Waals surface area (Å²) >= 11 is 0. The monoisotopic (exact) mass is 260 g/mol. The molecule has 2 aromatic rings. The van der Waals surface area contributed by atoms with Gasteiger partial charge in [-0.3, -0.25) is 0 Å². The van der Waals surface area contributed by atoms with E-state index in [1.54, 1.807) is 14.2 Å². The number of nitrogens with zero attached hydrogens (tertiary/aromatic N) is 1. The fourth-order valence-electron chi connectivity index (χ4n) is 2.17. The summed E-state index contributed by atoms with van der Waals surface area (Å²) in [5, 5.41) is 0.918. The van der Waals surface area contributed by atoms with E-state index < -0.39 is 0 Å². The van der Waals surface area contributed by atoms with E-state index in [-0.39, 0.29) is 5.41 Å². The molecule has 0 bridgehead atoms. The number of nitrogens with two attached hydrogens (primary N) is 1. The predicted octanol–water partition coefficient (Wildman–Crippen LogP) is 3.13. The standard InChI is InChI=1S/C15H20N2O2/c1-15(2,3)10-8-9-11(18-4)6-7-12(19-5)13(9)17-14(10)16/h6-8H,1-5H3,(H2,16,17). The molecule has 2 N–H and O–H groups in total. The normalized spacial score (nSPS) is 11.6. The summed E-state index contributed by atoms with van der Waals surface area (Å²) in [4.78, 5) is 4.49. The van der Waals surface area contributed by atoms with Crippen molar-refractivity contribution < 1.29 is 9.47 Å². The summed E-state index contributed by atoms with van der Waals surface area (Å²) < 4.78 is 10.7. The quantitative estimate of drug-likeness (QED) is 0.901. The molecule has 0 amide bonds. The van der Waals surface area contributed by atoms with Crippen molar-refractivity contribution in [2.45, 2.75) is 26.2 Å². The minimum atomic E-state index is -0.0701. The van der Waals surface area contributed by atoms with Crippen LogP contribution in [0.5, 0.6) is 11.5 Å². The molecule has 0 fully saturated rings. The molecular formula is C15H20N2O2. The zero-order valence-electron chi connectivity index (χ0n) is 12.1. The van der Waals surface area contributed by atoms with Crippen molar-refractivity contribution in [2.75, 3.05) is 20.0 Å². The number of methoxy groups -OCH3 is 2. The largest absolute Gasteiger partial charge is 0.496 e. The number of rotatable bonds is 2. The second-order valence-corrected chi connectivity index (χ2v) is 5.54. The second-order valence-electron chi connectivity index (χ2n) is 5.54. The van der Waals surface area contributed by atoms with E-state index in [2.05, 4.69) is 25.8 Å². The van der Waals surface area contributed by atoms with Crippen LogP contribution in [0.15, 0.2) is 18.2 Å². The van der Waals surface area contributed by atoms with E-state index in [9.17, 15) is 0 Å². The lowest BCUT2D eigenvalue weighted by molar-refractivity contribution is 0.409.